The van der Waals surface area contributed by atoms with Crippen LogP contribution in [-0.2, 0) is 5.41 Å². The molecule has 3 heteroatoms. The molecule has 0 aliphatic heterocycles. The standard InChI is InChI=1S/C11H13BrClN/c1-7(14)11(4-5-11)8-2-3-9(12)10(13)6-8/h2-3,6-7H,4-5,14H2,1H3. The van der Waals surface area contributed by atoms with Gasteiger partial charge < -0.3 is 5.73 Å². The summed E-state index contributed by atoms with van der Waals surface area (Å²) in [5.74, 6) is 0. The van der Waals surface area contributed by atoms with Gasteiger partial charge in [0.05, 0.1) is 5.02 Å². The topological polar surface area (TPSA) is 26.0 Å². The Morgan fingerprint density at radius 2 is 2.14 bits per heavy atom. The molecule has 1 aromatic rings. The summed E-state index contributed by atoms with van der Waals surface area (Å²) in [4.78, 5) is 0. The predicted molar refractivity (Wildman–Crippen MR) is 63.7 cm³/mol. The van der Waals surface area contributed by atoms with Gasteiger partial charge in [0, 0.05) is 15.9 Å². The zero-order valence-electron chi connectivity index (χ0n) is 8.06. The van der Waals surface area contributed by atoms with Gasteiger partial charge in [-0.05, 0) is 53.4 Å². The van der Waals surface area contributed by atoms with Crippen molar-refractivity contribution in [3.8, 4) is 0 Å². The molecule has 1 aliphatic rings. The van der Waals surface area contributed by atoms with E-state index >= 15 is 0 Å². The van der Waals surface area contributed by atoms with Crippen LogP contribution >= 0.6 is 27.5 Å². The van der Waals surface area contributed by atoms with Crippen molar-refractivity contribution < 1.29 is 0 Å². The largest absolute Gasteiger partial charge is 0.327 e. The molecular formula is C11H13BrClN. The fourth-order valence-corrected chi connectivity index (χ4v) is 2.37. The molecule has 2 N–H and O–H groups in total. The predicted octanol–water partition coefficient (Wildman–Crippen LogP) is 3.48. The highest BCUT2D eigenvalue weighted by Gasteiger charge is 2.47. The van der Waals surface area contributed by atoms with Crippen molar-refractivity contribution in [1.82, 2.24) is 0 Å². The van der Waals surface area contributed by atoms with Crippen molar-refractivity contribution in [2.45, 2.75) is 31.2 Å². The van der Waals surface area contributed by atoms with Gasteiger partial charge in [-0.15, -0.1) is 0 Å². The number of nitrogens with two attached hydrogens (primary N) is 1. The minimum atomic E-state index is 0.199. The molecule has 76 valence electrons. The van der Waals surface area contributed by atoms with Gasteiger partial charge in [-0.2, -0.15) is 0 Å². The molecule has 0 radical (unpaired) electrons. The third-order valence-electron chi connectivity index (χ3n) is 3.15. The Kier molecular flexibility index (Phi) is 2.63. The van der Waals surface area contributed by atoms with Crippen molar-refractivity contribution in [2.24, 2.45) is 5.73 Å². The lowest BCUT2D eigenvalue weighted by Crippen LogP contribution is -2.31. The Labute approximate surface area is 97.8 Å². The van der Waals surface area contributed by atoms with Crippen molar-refractivity contribution >= 4 is 27.5 Å². The molecule has 1 saturated carbocycles. The highest BCUT2D eigenvalue weighted by Crippen LogP contribution is 2.51. The molecule has 14 heavy (non-hydrogen) atoms. The smallest absolute Gasteiger partial charge is 0.0551 e. The van der Waals surface area contributed by atoms with Crippen LogP contribution in [0, 0.1) is 0 Å². The summed E-state index contributed by atoms with van der Waals surface area (Å²) in [7, 11) is 0. The first kappa shape index (κ1) is 10.5. The quantitative estimate of drug-likeness (QED) is 0.878. The third-order valence-corrected chi connectivity index (χ3v) is 4.39. The Bertz CT molecular complexity index is 358. The molecule has 1 atom stereocenters. The molecule has 0 bridgehead atoms. The SMILES string of the molecule is CC(N)C1(c2ccc(Br)c(Cl)c2)CC1. The van der Waals surface area contributed by atoms with Crippen molar-refractivity contribution in [2.75, 3.05) is 0 Å². The van der Waals surface area contributed by atoms with Crippen LogP contribution in [0.25, 0.3) is 0 Å². The van der Waals surface area contributed by atoms with Gasteiger partial charge in [0.2, 0.25) is 0 Å². The minimum Gasteiger partial charge on any atom is -0.327 e. The Morgan fingerprint density at radius 3 is 2.57 bits per heavy atom. The number of hydrogen-bond donors (Lipinski definition) is 1. The van der Waals surface area contributed by atoms with Crippen LogP contribution in [0.5, 0.6) is 0 Å². The van der Waals surface area contributed by atoms with E-state index in [1.54, 1.807) is 0 Å². The average molecular weight is 275 g/mol. The summed E-state index contributed by atoms with van der Waals surface area (Å²) >= 11 is 9.45. The monoisotopic (exact) mass is 273 g/mol. The van der Waals surface area contributed by atoms with Gasteiger partial charge in [0.15, 0.2) is 0 Å². The molecule has 1 fully saturated rings. The van der Waals surface area contributed by atoms with Gasteiger partial charge in [0.1, 0.15) is 0 Å². The Hall–Kier alpha value is -0.0500. The molecule has 0 aromatic heterocycles. The lowest BCUT2D eigenvalue weighted by Gasteiger charge is -2.20. The molecule has 2 rings (SSSR count). The van der Waals surface area contributed by atoms with Gasteiger partial charge in [-0.3, -0.25) is 0 Å². The fraction of sp³-hybridized carbons (Fsp3) is 0.455. The normalized spacial score (nSPS) is 20.6. The maximum atomic E-state index is 6.06. The van der Waals surface area contributed by atoms with E-state index in [-0.39, 0.29) is 11.5 Å². The van der Waals surface area contributed by atoms with Crippen LogP contribution in [-0.4, -0.2) is 6.04 Å². The molecular weight excluding hydrogens is 261 g/mol. The van der Waals surface area contributed by atoms with E-state index < -0.39 is 0 Å². The number of hydrogen-bond acceptors (Lipinski definition) is 1. The van der Waals surface area contributed by atoms with E-state index in [9.17, 15) is 0 Å². The zero-order valence-corrected chi connectivity index (χ0v) is 10.4. The highest BCUT2D eigenvalue weighted by molar-refractivity contribution is 9.10. The zero-order chi connectivity index (χ0) is 10.3. The van der Waals surface area contributed by atoms with E-state index in [1.165, 1.54) is 18.4 Å². The van der Waals surface area contributed by atoms with Crippen LogP contribution in [0.1, 0.15) is 25.3 Å². The van der Waals surface area contributed by atoms with Gasteiger partial charge in [-0.1, -0.05) is 17.7 Å². The van der Waals surface area contributed by atoms with Crippen LogP contribution in [0.4, 0.5) is 0 Å². The van der Waals surface area contributed by atoms with E-state index in [4.69, 9.17) is 17.3 Å². The summed E-state index contributed by atoms with van der Waals surface area (Å²) < 4.78 is 0.948. The second-order valence-corrected chi connectivity index (χ2v) is 5.34. The first-order valence-corrected chi connectivity index (χ1v) is 5.94. The maximum Gasteiger partial charge on any atom is 0.0551 e. The summed E-state index contributed by atoms with van der Waals surface area (Å²) in [5, 5.41) is 0.773. The summed E-state index contributed by atoms with van der Waals surface area (Å²) in [6.07, 6.45) is 2.37. The molecule has 0 spiro atoms. The third kappa shape index (κ3) is 1.60. The number of halogens is 2. The van der Waals surface area contributed by atoms with Crippen LogP contribution in [0.15, 0.2) is 22.7 Å². The molecule has 1 aromatic carbocycles. The molecule has 0 saturated heterocycles. The average Bonchev–Trinajstić information content (AvgIpc) is 2.90. The summed E-state index contributed by atoms with van der Waals surface area (Å²) in [5.41, 5.74) is 7.48. The van der Waals surface area contributed by atoms with Crippen molar-refractivity contribution in [1.29, 1.82) is 0 Å². The summed E-state index contributed by atoms with van der Waals surface area (Å²) in [6.45, 7) is 2.07. The lowest BCUT2D eigenvalue weighted by molar-refractivity contribution is 0.556. The van der Waals surface area contributed by atoms with E-state index in [0.717, 1.165) is 9.50 Å². The highest BCUT2D eigenvalue weighted by atomic mass is 79.9. The molecule has 0 heterocycles. The van der Waals surface area contributed by atoms with Crippen molar-refractivity contribution in [3.63, 3.8) is 0 Å². The minimum absolute atomic E-state index is 0.199. The first-order chi connectivity index (χ1) is 6.56. The number of rotatable bonds is 2. The van der Waals surface area contributed by atoms with Crippen LogP contribution < -0.4 is 5.73 Å². The van der Waals surface area contributed by atoms with Gasteiger partial charge >= 0.3 is 0 Å². The molecule has 1 aliphatic carbocycles. The summed E-state index contributed by atoms with van der Waals surface area (Å²) in [6, 6.07) is 6.36. The van der Waals surface area contributed by atoms with Crippen LogP contribution in [0.2, 0.25) is 5.02 Å². The van der Waals surface area contributed by atoms with Crippen LogP contribution in [0.3, 0.4) is 0 Å². The Balaban J connectivity index is 2.38. The first-order valence-electron chi connectivity index (χ1n) is 4.77. The Morgan fingerprint density at radius 1 is 1.50 bits per heavy atom. The van der Waals surface area contributed by atoms with Gasteiger partial charge in [-0.25, -0.2) is 0 Å². The molecule has 1 nitrogen and oxygen atoms in total. The second kappa shape index (κ2) is 3.51. The number of benzene rings is 1. The fourth-order valence-electron chi connectivity index (χ4n) is 1.95. The second-order valence-electron chi connectivity index (χ2n) is 4.07. The van der Waals surface area contributed by atoms with E-state index in [2.05, 4.69) is 28.9 Å². The molecule has 1 unspecified atom stereocenters. The lowest BCUT2D eigenvalue weighted by atomic mass is 9.90. The molecule has 0 amide bonds. The maximum absolute atomic E-state index is 6.06. The van der Waals surface area contributed by atoms with E-state index in [0.29, 0.717) is 0 Å². The van der Waals surface area contributed by atoms with Crippen molar-refractivity contribution in [3.05, 3.63) is 33.3 Å². The van der Waals surface area contributed by atoms with E-state index in [1.807, 2.05) is 12.1 Å². The van der Waals surface area contributed by atoms with Gasteiger partial charge in [0.25, 0.3) is 0 Å².